The van der Waals surface area contributed by atoms with Gasteiger partial charge in [0.1, 0.15) is 17.7 Å². The van der Waals surface area contributed by atoms with E-state index in [0.29, 0.717) is 31.4 Å². The molecule has 4 atom stereocenters. The molecule has 0 radical (unpaired) electrons. The van der Waals surface area contributed by atoms with E-state index in [0.717, 1.165) is 11.1 Å². The number of imidazole rings is 1. The van der Waals surface area contributed by atoms with E-state index in [2.05, 4.69) is 25.6 Å². The molecule has 192 valence electrons. The Morgan fingerprint density at radius 2 is 1.81 bits per heavy atom. The topological polar surface area (TPSA) is 201 Å². The van der Waals surface area contributed by atoms with E-state index in [9.17, 15) is 24.9 Å². The summed E-state index contributed by atoms with van der Waals surface area (Å²) in [4.78, 5) is 35.7. The molecule has 0 aliphatic carbocycles. The number of nitrogens with one attached hydrogen (secondary N) is 2. The van der Waals surface area contributed by atoms with Gasteiger partial charge in [-0.3, -0.25) is 9.36 Å². The van der Waals surface area contributed by atoms with Crippen molar-refractivity contribution in [3.63, 3.8) is 0 Å². The minimum atomic E-state index is -1.43. The summed E-state index contributed by atoms with van der Waals surface area (Å²) in [7, 11) is 0. The standard InChI is InChI=1S/C23H29N7O6.Na/c1-2-25-21(35)18-16(33)17(34)22(36-18)30-11-27-15-19(24)28-23(29-20(15)30)26-10-9-13-5-3-12(4-6-13)7-8-14(31)32;/h3-6,11,16-18,22,33-34H,2,7-10H2,1H3,(H,25,35)(H,31,32)(H3,24,26,28,29);/q;+1/p-1/t16?,17?,18-,22+;/m0./s1. The van der Waals surface area contributed by atoms with Gasteiger partial charge in [-0.15, -0.1) is 0 Å². The van der Waals surface area contributed by atoms with Crippen LogP contribution in [0.4, 0.5) is 11.8 Å². The zero-order chi connectivity index (χ0) is 25.8. The third kappa shape index (κ3) is 6.55. The van der Waals surface area contributed by atoms with Gasteiger partial charge in [-0.05, 0) is 37.3 Å². The summed E-state index contributed by atoms with van der Waals surface area (Å²) in [5.41, 5.74) is 8.58. The Hall–Kier alpha value is -2.81. The minimum absolute atomic E-state index is 0. The van der Waals surface area contributed by atoms with Crippen molar-refractivity contribution in [2.45, 2.75) is 50.7 Å². The first-order valence-corrected chi connectivity index (χ1v) is 11.6. The van der Waals surface area contributed by atoms with Crippen molar-refractivity contribution >= 4 is 34.8 Å². The third-order valence-corrected chi connectivity index (χ3v) is 5.91. The van der Waals surface area contributed by atoms with E-state index in [-0.39, 0.29) is 53.4 Å². The van der Waals surface area contributed by atoms with Crippen molar-refractivity contribution in [2.24, 2.45) is 0 Å². The zero-order valence-electron chi connectivity index (χ0n) is 20.6. The summed E-state index contributed by atoms with van der Waals surface area (Å²) in [5, 5.41) is 37.1. The van der Waals surface area contributed by atoms with Crippen LogP contribution in [0.25, 0.3) is 11.2 Å². The average molecular weight is 522 g/mol. The van der Waals surface area contributed by atoms with E-state index >= 15 is 0 Å². The molecule has 4 rings (SSSR count). The Morgan fingerprint density at radius 1 is 1.14 bits per heavy atom. The second kappa shape index (κ2) is 12.6. The quantitative estimate of drug-likeness (QED) is 0.161. The zero-order valence-corrected chi connectivity index (χ0v) is 22.6. The monoisotopic (exact) mass is 521 g/mol. The number of aliphatic carboxylic acids is 1. The largest absolute Gasteiger partial charge is 1.00 e. The van der Waals surface area contributed by atoms with Crippen molar-refractivity contribution in [3.8, 4) is 0 Å². The van der Waals surface area contributed by atoms with E-state index in [1.807, 2.05) is 24.3 Å². The Labute approximate surface area is 234 Å². The van der Waals surface area contributed by atoms with Crippen molar-refractivity contribution in [2.75, 3.05) is 24.1 Å². The number of nitrogens with two attached hydrogens (primary N) is 1. The maximum Gasteiger partial charge on any atom is 1.00 e. The van der Waals surface area contributed by atoms with E-state index in [4.69, 9.17) is 10.5 Å². The van der Waals surface area contributed by atoms with Crippen molar-refractivity contribution in [1.29, 1.82) is 0 Å². The van der Waals surface area contributed by atoms with Crippen LogP contribution >= 0.6 is 0 Å². The van der Waals surface area contributed by atoms with Gasteiger partial charge in [0.25, 0.3) is 5.91 Å². The molecule has 1 aliphatic rings. The molecule has 3 aromatic rings. The molecule has 37 heavy (non-hydrogen) atoms. The molecule has 0 bridgehead atoms. The molecular weight excluding hydrogens is 493 g/mol. The number of rotatable bonds is 10. The number of fused-ring (bicyclic) bond motifs is 1. The Morgan fingerprint density at radius 3 is 2.46 bits per heavy atom. The number of ether oxygens (including phenoxy) is 1. The summed E-state index contributed by atoms with van der Waals surface area (Å²) in [5.74, 6) is -1.25. The van der Waals surface area contributed by atoms with E-state index < -0.39 is 36.4 Å². The number of aliphatic hydroxyl groups excluding tert-OH is 2. The van der Waals surface area contributed by atoms with Gasteiger partial charge in [0.05, 0.1) is 6.33 Å². The van der Waals surface area contributed by atoms with Crippen LogP contribution in [-0.4, -0.2) is 73.0 Å². The van der Waals surface area contributed by atoms with Crippen LogP contribution in [0.1, 0.15) is 30.7 Å². The van der Waals surface area contributed by atoms with Crippen LogP contribution in [0, 0.1) is 0 Å². The summed E-state index contributed by atoms with van der Waals surface area (Å²) >= 11 is 0. The Kier molecular flexibility index (Phi) is 9.81. The van der Waals surface area contributed by atoms with Crippen molar-refractivity contribution in [1.82, 2.24) is 24.8 Å². The predicted octanol–water partition coefficient (Wildman–Crippen LogP) is -4.50. The van der Waals surface area contributed by atoms with Gasteiger partial charge in [-0.25, -0.2) is 4.98 Å². The van der Waals surface area contributed by atoms with Crippen molar-refractivity contribution < 1.29 is 59.2 Å². The molecule has 1 amide bonds. The number of likely N-dealkylation sites (N-methyl/N-ethyl adjacent to an activating group) is 1. The maximum atomic E-state index is 12.2. The maximum absolute atomic E-state index is 12.2. The number of nitrogen functional groups attached to an aromatic ring is 1. The number of aryl methyl sites for hydroxylation is 1. The summed E-state index contributed by atoms with van der Waals surface area (Å²) in [6.07, 6.45) is -2.76. The molecule has 6 N–H and O–H groups in total. The number of hydrogen-bond acceptors (Lipinski definition) is 11. The van der Waals surface area contributed by atoms with Gasteiger partial charge >= 0.3 is 29.6 Å². The number of aliphatic hydroxyl groups is 2. The number of amides is 1. The fraction of sp³-hybridized carbons (Fsp3) is 0.435. The molecule has 2 unspecified atom stereocenters. The number of nitrogens with zero attached hydrogens (tertiary/aromatic N) is 4. The van der Waals surface area contributed by atoms with Crippen LogP contribution < -0.4 is 51.0 Å². The number of benzene rings is 1. The second-order valence-corrected chi connectivity index (χ2v) is 8.44. The SMILES string of the molecule is CCNC(=O)[C@H]1O[C@@H](n2cnc3c(N)nc(NCCc4ccc(CCC(=O)[O-])cc4)nc32)C(O)C1O.[Na+]. The molecule has 0 saturated carbocycles. The fourth-order valence-electron chi connectivity index (χ4n) is 4.02. The van der Waals surface area contributed by atoms with Gasteiger partial charge in [0.2, 0.25) is 5.95 Å². The van der Waals surface area contributed by atoms with E-state index in [1.54, 1.807) is 6.92 Å². The number of anilines is 2. The summed E-state index contributed by atoms with van der Waals surface area (Å²) in [6.45, 7) is 2.57. The number of carbonyl (C=O) groups is 2. The van der Waals surface area contributed by atoms with Gasteiger partial charge < -0.3 is 41.2 Å². The summed E-state index contributed by atoms with van der Waals surface area (Å²) < 4.78 is 7.08. The van der Waals surface area contributed by atoms with Crippen LogP contribution in [-0.2, 0) is 27.2 Å². The van der Waals surface area contributed by atoms with Crippen LogP contribution in [0.3, 0.4) is 0 Å². The predicted molar refractivity (Wildman–Crippen MR) is 126 cm³/mol. The Bertz CT molecular complexity index is 1240. The first-order chi connectivity index (χ1) is 17.3. The van der Waals surface area contributed by atoms with Gasteiger partial charge in [0, 0.05) is 19.1 Å². The van der Waals surface area contributed by atoms with Crippen molar-refractivity contribution in [3.05, 3.63) is 41.7 Å². The number of aromatic nitrogens is 4. The number of carboxylic acids is 1. The molecule has 2 aromatic heterocycles. The average Bonchev–Trinajstić information content (AvgIpc) is 3.40. The third-order valence-electron chi connectivity index (χ3n) is 5.91. The molecule has 3 heterocycles. The molecule has 14 heteroatoms. The van der Waals surface area contributed by atoms with Crippen LogP contribution in [0.15, 0.2) is 30.6 Å². The summed E-state index contributed by atoms with van der Waals surface area (Å²) in [6, 6.07) is 7.61. The van der Waals surface area contributed by atoms with Crippen LogP contribution in [0.5, 0.6) is 0 Å². The first kappa shape index (κ1) is 28.8. The molecular formula is C23H28N7NaO6. The minimum Gasteiger partial charge on any atom is -0.550 e. The number of carbonyl (C=O) groups excluding carboxylic acids is 2. The van der Waals surface area contributed by atoms with Gasteiger partial charge in [-0.1, -0.05) is 24.3 Å². The molecule has 13 nitrogen and oxygen atoms in total. The smallest absolute Gasteiger partial charge is 0.550 e. The van der Waals surface area contributed by atoms with E-state index in [1.165, 1.54) is 10.9 Å². The molecule has 1 aliphatic heterocycles. The normalized spacial score (nSPS) is 20.9. The molecule has 1 aromatic carbocycles. The molecule has 1 fully saturated rings. The Balaban J connectivity index is 0.00000380. The second-order valence-electron chi connectivity index (χ2n) is 8.44. The number of carboxylic acid groups (broad SMARTS) is 1. The number of hydrogen-bond donors (Lipinski definition) is 5. The first-order valence-electron chi connectivity index (χ1n) is 11.6. The van der Waals surface area contributed by atoms with Gasteiger partial charge in [0.15, 0.2) is 23.8 Å². The molecule has 1 saturated heterocycles. The fourth-order valence-corrected chi connectivity index (χ4v) is 4.02. The van der Waals surface area contributed by atoms with Gasteiger partial charge in [-0.2, -0.15) is 9.97 Å². The molecule has 0 spiro atoms. The van der Waals surface area contributed by atoms with Crippen LogP contribution in [0.2, 0.25) is 0 Å².